The van der Waals surface area contributed by atoms with Crippen molar-refractivity contribution in [3.05, 3.63) is 98.3 Å². The Morgan fingerprint density at radius 2 is 1.73 bits per heavy atom. The highest BCUT2D eigenvalue weighted by atomic mass is 35.5. The van der Waals surface area contributed by atoms with Gasteiger partial charge in [0.15, 0.2) is 0 Å². The third-order valence-electron chi connectivity index (χ3n) is 8.29. The standard InChI is InChI=1S/C30H29ClFN3O5/c1-19-24(16-22(31)17-26(19)35(39)40)29(38)34-12-9-27(36)30(18-34)10-13-33(14-11-30)28(37)21-7-8-23(25(32)15-21)20-5-3-2-4-6-20/h2-8,15-17,27,36H,9-14,18H2,1H3. The number of carbonyl (C=O) groups is 2. The molecule has 2 aliphatic rings. The summed E-state index contributed by atoms with van der Waals surface area (Å²) in [4.78, 5) is 40.8. The Bertz CT molecular complexity index is 1470. The van der Waals surface area contributed by atoms with E-state index in [1.54, 1.807) is 21.9 Å². The van der Waals surface area contributed by atoms with Crippen molar-refractivity contribution in [2.45, 2.75) is 32.3 Å². The number of rotatable bonds is 4. The number of hydrogen-bond acceptors (Lipinski definition) is 5. The van der Waals surface area contributed by atoms with Crippen molar-refractivity contribution in [1.82, 2.24) is 9.80 Å². The highest BCUT2D eigenvalue weighted by molar-refractivity contribution is 6.31. The molecule has 5 rings (SSSR count). The maximum absolute atomic E-state index is 14.9. The lowest BCUT2D eigenvalue weighted by Gasteiger charge is -2.50. The van der Waals surface area contributed by atoms with Crippen LogP contribution in [0.3, 0.4) is 0 Å². The third-order valence-corrected chi connectivity index (χ3v) is 8.51. The van der Waals surface area contributed by atoms with Gasteiger partial charge < -0.3 is 14.9 Å². The van der Waals surface area contributed by atoms with Crippen LogP contribution in [0.4, 0.5) is 10.1 Å². The largest absolute Gasteiger partial charge is 0.392 e. The van der Waals surface area contributed by atoms with Gasteiger partial charge in [0, 0.05) is 59.4 Å². The molecule has 2 saturated heterocycles. The Labute approximate surface area is 236 Å². The average Bonchev–Trinajstić information content (AvgIpc) is 2.95. The van der Waals surface area contributed by atoms with Crippen molar-refractivity contribution >= 4 is 29.1 Å². The summed E-state index contributed by atoms with van der Waals surface area (Å²) in [6.07, 6.45) is 0.616. The van der Waals surface area contributed by atoms with Gasteiger partial charge in [0.1, 0.15) is 5.82 Å². The highest BCUT2D eigenvalue weighted by Gasteiger charge is 2.46. The fourth-order valence-corrected chi connectivity index (χ4v) is 6.11. The fourth-order valence-electron chi connectivity index (χ4n) is 5.90. The van der Waals surface area contributed by atoms with Crippen LogP contribution < -0.4 is 0 Å². The summed E-state index contributed by atoms with van der Waals surface area (Å²) in [5.41, 5.74) is 0.975. The summed E-state index contributed by atoms with van der Waals surface area (Å²) in [6, 6.07) is 16.3. The van der Waals surface area contributed by atoms with Crippen LogP contribution in [0.25, 0.3) is 11.1 Å². The molecular weight excluding hydrogens is 537 g/mol. The van der Waals surface area contributed by atoms with Crippen molar-refractivity contribution in [3.63, 3.8) is 0 Å². The zero-order chi connectivity index (χ0) is 28.6. The first kappa shape index (κ1) is 27.7. The SMILES string of the molecule is Cc1c(C(=O)N2CCC(O)C3(CCN(C(=O)c4ccc(-c5ccccc5)c(F)c4)CC3)C2)cc(Cl)cc1[N+](=O)[O-]. The van der Waals surface area contributed by atoms with Gasteiger partial charge in [-0.05, 0) is 49.9 Å². The summed E-state index contributed by atoms with van der Waals surface area (Å²) < 4.78 is 14.9. The molecule has 1 N–H and O–H groups in total. The van der Waals surface area contributed by atoms with Gasteiger partial charge in [-0.3, -0.25) is 19.7 Å². The van der Waals surface area contributed by atoms with E-state index in [0.29, 0.717) is 44.5 Å². The molecule has 0 saturated carbocycles. The minimum absolute atomic E-state index is 0.104. The summed E-state index contributed by atoms with van der Waals surface area (Å²) >= 11 is 6.08. The van der Waals surface area contributed by atoms with Gasteiger partial charge in [-0.15, -0.1) is 0 Å². The van der Waals surface area contributed by atoms with Crippen molar-refractivity contribution in [2.75, 3.05) is 26.2 Å². The van der Waals surface area contributed by atoms with Crippen LogP contribution in [-0.2, 0) is 0 Å². The molecule has 1 unspecified atom stereocenters. The molecule has 0 bridgehead atoms. The molecule has 1 spiro atoms. The quantitative estimate of drug-likeness (QED) is 0.333. The second-order valence-corrected chi connectivity index (χ2v) is 11.0. The van der Waals surface area contributed by atoms with Gasteiger partial charge in [0.25, 0.3) is 17.5 Å². The average molecular weight is 566 g/mol. The lowest BCUT2D eigenvalue weighted by molar-refractivity contribution is -0.385. The van der Waals surface area contributed by atoms with Crippen molar-refractivity contribution < 1.29 is 24.0 Å². The van der Waals surface area contributed by atoms with Gasteiger partial charge in [-0.2, -0.15) is 0 Å². The van der Waals surface area contributed by atoms with Crippen LogP contribution in [0.1, 0.15) is 45.5 Å². The number of amides is 2. The Morgan fingerprint density at radius 3 is 2.38 bits per heavy atom. The maximum atomic E-state index is 14.9. The Kier molecular flexibility index (Phi) is 7.61. The minimum Gasteiger partial charge on any atom is -0.392 e. The lowest BCUT2D eigenvalue weighted by Crippen LogP contribution is -2.58. The molecular formula is C30H29ClFN3O5. The molecule has 2 heterocycles. The van der Waals surface area contributed by atoms with Crippen LogP contribution in [-0.4, -0.2) is 63.9 Å². The Morgan fingerprint density at radius 1 is 1.02 bits per heavy atom. The first-order valence-electron chi connectivity index (χ1n) is 13.2. The van der Waals surface area contributed by atoms with Crippen LogP contribution in [0.15, 0.2) is 60.7 Å². The number of nitro benzene ring substituents is 1. The Hall–Kier alpha value is -3.82. The van der Waals surface area contributed by atoms with E-state index in [-0.39, 0.29) is 45.8 Å². The lowest BCUT2D eigenvalue weighted by atomic mass is 9.70. The molecule has 8 nitrogen and oxygen atoms in total. The number of nitro groups is 1. The molecule has 3 aromatic carbocycles. The molecule has 2 aliphatic heterocycles. The van der Waals surface area contributed by atoms with Crippen LogP contribution >= 0.6 is 11.6 Å². The molecule has 3 aromatic rings. The first-order chi connectivity index (χ1) is 19.1. The molecule has 208 valence electrons. The predicted octanol–water partition coefficient (Wildman–Crippen LogP) is 5.49. The van der Waals surface area contributed by atoms with Crippen molar-refractivity contribution in [2.24, 2.45) is 5.41 Å². The van der Waals surface area contributed by atoms with E-state index >= 15 is 0 Å². The zero-order valence-corrected chi connectivity index (χ0v) is 22.7. The van der Waals surface area contributed by atoms with Gasteiger partial charge in [-0.25, -0.2) is 4.39 Å². The van der Waals surface area contributed by atoms with Crippen molar-refractivity contribution in [1.29, 1.82) is 0 Å². The number of aliphatic hydroxyl groups is 1. The van der Waals surface area contributed by atoms with Crippen LogP contribution in [0, 0.1) is 28.3 Å². The molecule has 2 fully saturated rings. The van der Waals surface area contributed by atoms with Gasteiger partial charge >= 0.3 is 0 Å². The monoisotopic (exact) mass is 565 g/mol. The van der Waals surface area contributed by atoms with E-state index in [1.807, 2.05) is 30.3 Å². The number of halogens is 2. The summed E-state index contributed by atoms with van der Waals surface area (Å²) in [6.45, 7) is 2.78. The van der Waals surface area contributed by atoms with E-state index in [4.69, 9.17) is 11.6 Å². The number of hydrogen-bond donors (Lipinski definition) is 1. The molecule has 1 atom stereocenters. The number of nitrogens with zero attached hydrogens (tertiary/aromatic N) is 3. The molecule has 0 aromatic heterocycles. The van der Waals surface area contributed by atoms with E-state index in [9.17, 15) is 29.2 Å². The van der Waals surface area contributed by atoms with Crippen LogP contribution in [0.2, 0.25) is 5.02 Å². The van der Waals surface area contributed by atoms with Crippen molar-refractivity contribution in [3.8, 4) is 11.1 Å². The first-order valence-corrected chi connectivity index (χ1v) is 13.5. The topological polar surface area (TPSA) is 104 Å². The highest BCUT2D eigenvalue weighted by Crippen LogP contribution is 2.41. The number of benzene rings is 3. The smallest absolute Gasteiger partial charge is 0.274 e. The van der Waals surface area contributed by atoms with Gasteiger partial charge in [0.2, 0.25) is 0 Å². The summed E-state index contributed by atoms with van der Waals surface area (Å²) in [5, 5.41) is 22.5. The van der Waals surface area contributed by atoms with E-state index in [0.717, 1.165) is 5.56 Å². The van der Waals surface area contributed by atoms with E-state index in [1.165, 1.54) is 25.1 Å². The summed E-state index contributed by atoms with van der Waals surface area (Å²) in [7, 11) is 0. The van der Waals surface area contributed by atoms with Gasteiger partial charge in [-0.1, -0.05) is 48.0 Å². The predicted molar refractivity (Wildman–Crippen MR) is 149 cm³/mol. The molecule has 0 aliphatic carbocycles. The van der Waals surface area contributed by atoms with Gasteiger partial charge in [0.05, 0.1) is 16.6 Å². The molecule has 0 radical (unpaired) electrons. The zero-order valence-electron chi connectivity index (χ0n) is 22.0. The minimum atomic E-state index is -0.661. The normalized spacial score (nSPS) is 18.6. The third kappa shape index (κ3) is 5.19. The van der Waals surface area contributed by atoms with E-state index in [2.05, 4.69) is 0 Å². The maximum Gasteiger partial charge on any atom is 0.274 e. The number of likely N-dealkylation sites (tertiary alicyclic amines) is 2. The number of carbonyl (C=O) groups excluding carboxylic acids is 2. The second-order valence-electron chi connectivity index (χ2n) is 10.6. The number of aliphatic hydroxyl groups excluding tert-OH is 1. The van der Waals surface area contributed by atoms with Crippen LogP contribution in [0.5, 0.6) is 0 Å². The molecule has 40 heavy (non-hydrogen) atoms. The molecule has 10 heteroatoms. The fraction of sp³-hybridized carbons (Fsp3) is 0.333. The van der Waals surface area contributed by atoms with E-state index < -0.39 is 22.3 Å². The number of piperidine rings is 2. The molecule has 2 amide bonds. The Balaban J connectivity index is 1.29. The summed E-state index contributed by atoms with van der Waals surface area (Å²) in [5.74, 6) is -1.13. The second kappa shape index (κ2) is 11.0.